The summed E-state index contributed by atoms with van der Waals surface area (Å²) in [7, 11) is 1.60. The Morgan fingerprint density at radius 3 is 2.25 bits per heavy atom. The zero-order valence-corrected chi connectivity index (χ0v) is 10.3. The minimum Gasteiger partial charge on any atom is -0.495 e. The number of benzene rings is 1. The molecule has 0 bridgehead atoms. The van der Waals surface area contributed by atoms with Crippen LogP contribution in [0.5, 0.6) is 17.4 Å². The maximum absolute atomic E-state index is 5.55. The van der Waals surface area contributed by atoms with Crippen LogP contribution >= 0.6 is 15.9 Å². The van der Waals surface area contributed by atoms with Crippen LogP contribution < -0.4 is 9.47 Å². The number of aromatic nitrogens is 1. The van der Waals surface area contributed by atoms with Crippen LogP contribution in [0, 0.1) is 0 Å². The van der Waals surface area contributed by atoms with Crippen molar-refractivity contribution in [3.8, 4) is 17.4 Å². The van der Waals surface area contributed by atoms with Crippen LogP contribution in [0.4, 0.5) is 0 Å². The maximum Gasteiger partial charge on any atom is 0.219 e. The lowest BCUT2D eigenvalue weighted by atomic mass is 10.3. The molecular weight excluding hydrogens is 270 g/mol. The highest BCUT2D eigenvalue weighted by Crippen LogP contribution is 2.22. The molecule has 0 radical (unpaired) electrons. The lowest BCUT2D eigenvalue weighted by molar-refractivity contribution is 0.408. The second-order valence-electron chi connectivity index (χ2n) is 3.09. The fraction of sp³-hybridized carbons (Fsp3) is 0.0833. The summed E-state index contributed by atoms with van der Waals surface area (Å²) in [6, 6.07) is 11.1. The zero-order valence-electron chi connectivity index (χ0n) is 8.68. The Morgan fingerprint density at radius 1 is 1.00 bits per heavy atom. The standard InChI is InChI=1S/C12H10BrNO2/c1-15-11-6-7-12(14-8-11)16-10-4-2-9(13)3-5-10/h2-8H,1H3. The Balaban J connectivity index is 2.11. The summed E-state index contributed by atoms with van der Waals surface area (Å²) in [5.74, 6) is 2.01. The van der Waals surface area contributed by atoms with Gasteiger partial charge in [-0.3, -0.25) is 0 Å². The summed E-state index contributed by atoms with van der Waals surface area (Å²) < 4.78 is 11.6. The van der Waals surface area contributed by atoms with Gasteiger partial charge in [0.2, 0.25) is 5.88 Å². The predicted octanol–water partition coefficient (Wildman–Crippen LogP) is 3.65. The molecule has 0 fully saturated rings. The third-order valence-electron chi connectivity index (χ3n) is 1.98. The fourth-order valence-electron chi connectivity index (χ4n) is 1.17. The molecule has 1 aromatic carbocycles. The monoisotopic (exact) mass is 279 g/mol. The molecule has 0 aliphatic heterocycles. The molecule has 0 aliphatic carbocycles. The van der Waals surface area contributed by atoms with Crippen LogP contribution in [0.25, 0.3) is 0 Å². The Hall–Kier alpha value is -1.55. The molecule has 0 atom stereocenters. The van der Waals surface area contributed by atoms with Gasteiger partial charge in [-0.15, -0.1) is 0 Å². The predicted molar refractivity (Wildman–Crippen MR) is 65.0 cm³/mol. The molecule has 0 aliphatic rings. The number of ether oxygens (including phenoxy) is 2. The first-order valence-corrected chi connectivity index (χ1v) is 5.51. The average molecular weight is 280 g/mol. The van der Waals surface area contributed by atoms with Crippen LogP contribution in [0.1, 0.15) is 0 Å². The number of rotatable bonds is 3. The molecule has 2 aromatic rings. The zero-order chi connectivity index (χ0) is 11.4. The molecule has 2 rings (SSSR count). The molecule has 1 heterocycles. The van der Waals surface area contributed by atoms with Crippen molar-refractivity contribution in [2.45, 2.75) is 0 Å². The topological polar surface area (TPSA) is 31.4 Å². The lowest BCUT2D eigenvalue weighted by Crippen LogP contribution is -1.88. The van der Waals surface area contributed by atoms with Crippen molar-refractivity contribution in [2.24, 2.45) is 0 Å². The molecule has 3 nitrogen and oxygen atoms in total. The summed E-state index contributed by atoms with van der Waals surface area (Å²) in [4.78, 5) is 4.11. The number of methoxy groups -OCH3 is 1. The molecule has 0 N–H and O–H groups in total. The fourth-order valence-corrected chi connectivity index (χ4v) is 1.44. The van der Waals surface area contributed by atoms with Crippen LogP contribution in [0.3, 0.4) is 0 Å². The van der Waals surface area contributed by atoms with Gasteiger partial charge in [-0.05, 0) is 30.3 Å². The molecule has 1 aromatic heterocycles. The van der Waals surface area contributed by atoms with Gasteiger partial charge in [0.1, 0.15) is 11.5 Å². The van der Waals surface area contributed by atoms with Gasteiger partial charge < -0.3 is 9.47 Å². The summed E-state index contributed by atoms with van der Waals surface area (Å²) >= 11 is 3.36. The van der Waals surface area contributed by atoms with E-state index in [2.05, 4.69) is 20.9 Å². The van der Waals surface area contributed by atoms with Gasteiger partial charge in [0.15, 0.2) is 0 Å². The van der Waals surface area contributed by atoms with Gasteiger partial charge >= 0.3 is 0 Å². The SMILES string of the molecule is COc1ccc(Oc2ccc(Br)cc2)nc1. The molecule has 4 heteroatoms. The Bertz CT molecular complexity index is 453. The van der Waals surface area contributed by atoms with E-state index < -0.39 is 0 Å². The number of hydrogen-bond donors (Lipinski definition) is 0. The van der Waals surface area contributed by atoms with Crippen LogP contribution in [-0.2, 0) is 0 Å². The highest BCUT2D eigenvalue weighted by molar-refractivity contribution is 9.10. The van der Waals surface area contributed by atoms with Crippen molar-refractivity contribution in [3.05, 3.63) is 47.1 Å². The summed E-state index contributed by atoms with van der Waals surface area (Å²) in [6.07, 6.45) is 1.62. The normalized spacial score (nSPS) is 9.88. The number of pyridine rings is 1. The summed E-state index contributed by atoms with van der Waals surface area (Å²) in [5.41, 5.74) is 0. The first kappa shape index (κ1) is 11.0. The van der Waals surface area contributed by atoms with E-state index in [1.807, 2.05) is 24.3 Å². The first-order valence-electron chi connectivity index (χ1n) is 4.71. The van der Waals surface area contributed by atoms with E-state index in [4.69, 9.17) is 9.47 Å². The van der Waals surface area contributed by atoms with E-state index in [9.17, 15) is 0 Å². The Labute approximate surface area is 102 Å². The Kier molecular flexibility index (Phi) is 3.41. The van der Waals surface area contributed by atoms with E-state index in [1.165, 1.54) is 0 Å². The largest absolute Gasteiger partial charge is 0.495 e. The smallest absolute Gasteiger partial charge is 0.219 e. The molecule has 0 saturated heterocycles. The minimum atomic E-state index is 0.545. The summed E-state index contributed by atoms with van der Waals surface area (Å²) in [5, 5.41) is 0. The maximum atomic E-state index is 5.55. The summed E-state index contributed by atoms with van der Waals surface area (Å²) in [6.45, 7) is 0. The number of halogens is 1. The van der Waals surface area contributed by atoms with E-state index in [-0.39, 0.29) is 0 Å². The van der Waals surface area contributed by atoms with Crippen molar-refractivity contribution in [3.63, 3.8) is 0 Å². The third-order valence-corrected chi connectivity index (χ3v) is 2.51. The van der Waals surface area contributed by atoms with Gasteiger partial charge in [-0.2, -0.15) is 0 Å². The van der Waals surface area contributed by atoms with E-state index >= 15 is 0 Å². The van der Waals surface area contributed by atoms with Gasteiger partial charge in [-0.25, -0.2) is 4.98 Å². The van der Waals surface area contributed by atoms with E-state index in [1.54, 1.807) is 25.4 Å². The van der Waals surface area contributed by atoms with Crippen molar-refractivity contribution in [2.75, 3.05) is 7.11 Å². The van der Waals surface area contributed by atoms with Gasteiger partial charge in [0.05, 0.1) is 13.3 Å². The van der Waals surface area contributed by atoms with Gasteiger partial charge in [-0.1, -0.05) is 15.9 Å². The van der Waals surface area contributed by atoms with Crippen LogP contribution in [0.15, 0.2) is 47.1 Å². The van der Waals surface area contributed by atoms with Crippen LogP contribution in [0.2, 0.25) is 0 Å². The van der Waals surface area contributed by atoms with E-state index in [0.717, 1.165) is 10.2 Å². The quantitative estimate of drug-likeness (QED) is 0.860. The second kappa shape index (κ2) is 4.99. The molecule has 0 spiro atoms. The van der Waals surface area contributed by atoms with Crippen molar-refractivity contribution in [1.82, 2.24) is 4.98 Å². The highest BCUT2D eigenvalue weighted by Gasteiger charge is 1.99. The molecule has 0 amide bonds. The molecule has 16 heavy (non-hydrogen) atoms. The molecule has 0 unspecified atom stereocenters. The molecule has 0 saturated carbocycles. The number of nitrogens with zero attached hydrogens (tertiary/aromatic N) is 1. The molecular formula is C12H10BrNO2. The van der Waals surface area contributed by atoms with Gasteiger partial charge in [0.25, 0.3) is 0 Å². The van der Waals surface area contributed by atoms with Gasteiger partial charge in [0, 0.05) is 10.5 Å². The van der Waals surface area contributed by atoms with E-state index in [0.29, 0.717) is 11.6 Å². The van der Waals surface area contributed by atoms with Crippen LogP contribution in [-0.4, -0.2) is 12.1 Å². The Morgan fingerprint density at radius 2 is 1.69 bits per heavy atom. The first-order chi connectivity index (χ1) is 7.78. The molecule has 82 valence electrons. The average Bonchev–Trinajstić information content (AvgIpc) is 2.33. The second-order valence-corrected chi connectivity index (χ2v) is 4.01. The highest BCUT2D eigenvalue weighted by atomic mass is 79.9. The third kappa shape index (κ3) is 2.73. The van der Waals surface area contributed by atoms with Crippen molar-refractivity contribution < 1.29 is 9.47 Å². The van der Waals surface area contributed by atoms with Crippen molar-refractivity contribution >= 4 is 15.9 Å². The number of hydrogen-bond acceptors (Lipinski definition) is 3. The minimum absolute atomic E-state index is 0.545. The lowest BCUT2D eigenvalue weighted by Gasteiger charge is -2.05. The van der Waals surface area contributed by atoms with Crippen molar-refractivity contribution in [1.29, 1.82) is 0 Å².